The lowest BCUT2D eigenvalue weighted by Crippen LogP contribution is -2.43. The van der Waals surface area contributed by atoms with E-state index >= 15 is 0 Å². The van der Waals surface area contributed by atoms with Gasteiger partial charge in [0.25, 0.3) is 0 Å². The number of benzene rings is 3. The maximum Gasteiger partial charge on any atom is 0.408 e. The maximum atomic E-state index is 13.6. The van der Waals surface area contributed by atoms with Gasteiger partial charge in [-0.25, -0.2) is 4.79 Å². The van der Waals surface area contributed by atoms with E-state index in [-0.39, 0.29) is 11.8 Å². The van der Waals surface area contributed by atoms with E-state index in [9.17, 15) is 9.59 Å². The second-order valence-electron chi connectivity index (χ2n) is 8.77. The van der Waals surface area contributed by atoms with Crippen molar-refractivity contribution < 1.29 is 28.5 Å². The lowest BCUT2D eigenvalue weighted by Gasteiger charge is -2.33. The molecular formula is C28H26BrNO6. The standard InChI is InChI=1S/C28H26BrNO6/c1-33-18-11-13-23-20(15-18)25(31)27(26(35-23)17-10-12-24(34-2)21(29)14-17)36-28(32)30-22-9-5-7-16-6-3-4-8-19(16)22/h3-4,6,8,10-15,22,26-27H,5,7,9H2,1-2H3,(H,30,32)/t22-,26+,27?/m0/s1. The summed E-state index contributed by atoms with van der Waals surface area (Å²) >= 11 is 3.49. The van der Waals surface area contributed by atoms with Gasteiger partial charge in [-0.2, -0.15) is 0 Å². The number of hydrogen-bond acceptors (Lipinski definition) is 6. The van der Waals surface area contributed by atoms with Crippen molar-refractivity contribution in [1.29, 1.82) is 0 Å². The third-order valence-corrected chi connectivity index (χ3v) is 7.26. The van der Waals surface area contributed by atoms with Gasteiger partial charge in [-0.3, -0.25) is 4.79 Å². The predicted octanol–water partition coefficient (Wildman–Crippen LogP) is 5.96. The number of carbonyl (C=O) groups is 2. The molecule has 0 bridgehead atoms. The van der Waals surface area contributed by atoms with Crippen molar-refractivity contribution in [3.63, 3.8) is 0 Å². The van der Waals surface area contributed by atoms with Crippen LogP contribution >= 0.6 is 15.9 Å². The topological polar surface area (TPSA) is 83.1 Å². The van der Waals surface area contributed by atoms with Gasteiger partial charge in [0.05, 0.1) is 30.3 Å². The van der Waals surface area contributed by atoms with Gasteiger partial charge in [0.1, 0.15) is 17.2 Å². The maximum absolute atomic E-state index is 13.6. The number of aryl methyl sites for hydroxylation is 1. The van der Waals surface area contributed by atoms with E-state index in [1.165, 1.54) is 12.7 Å². The van der Waals surface area contributed by atoms with Gasteiger partial charge >= 0.3 is 6.09 Å². The number of carbonyl (C=O) groups excluding carboxylic acids is 2. The first kappa shape index (κ1) is 24.2. The summed E-state index contributed by atoms with van der Waals surface area (Å²) in [6.07, 6.45) is 0.0428. The molecule has 5 rings (SSSR count). The second-order valence-corrected chi connectivity index (χ2v) is 9.63. The molecule has 1 unspecified atom stereocenters. The molecular weight excluding hydrogens is 526 g/mol. The smallest absolute Gasteiger partial charge is 0.408 e. The Balaban J connectivity index is 1.45. The number of hydrogen-bond donors (Lipinski definition) is 1. The second kappa shape index (κ2) is 10.2. The van der Waals surface area contributed by atoms with Gasteiger partial charge in [0.2, 0.25) is 11.9 Å². The van der Waals surface area contributed by atoms with Gasteiger partial charge in [-0.15, -0.1) is 0 Å². The first-order valence-corrected chi connectivity index (χ1v) is 12.5. The van der Waals surface area contributed by atoms with Gasteiger partial charge in [-0.1, -0.05) is 30.3 Å². The Bertz CT molecular complexity index is 1310. The predicted molar refractivity (Wildman–Crippen MR) is 137 cm³/mol. The van der Waals surface area contributed by atoms with Crippen molar-refractivity contribution in [3.05, 3.63) is 87.4 Å². The summed E-state index contributed by atoms with van der Waals surface area (Å²) in [5, 5.41) is 2.97. The van der Waals surface area contributed by atoms with E-state index in [1.807, 2.05) is 18.2 Å². The number of amides is 1. The minimum absolute atomic E-state index is 0.178. The monoisotopic (exact) mass is 551 g/mol. The summed E-state index contributed by atoms with van der Waals surface area (Å²) < 4.78 is 23.3. The molecule has 1 aliphatic carbocycles. The molecule has 3 atom stereocenters. The number of halogens is 1. The normalized spacial score (nSPS) is 20.4. The number of ether oxygens (including phenoxy) is 4. The zero-order chi connectivity index (χ0) is 25.2. The Kier molecular flexibility index (Phi) is 6.87. The van der Waals surface area contributed by atoms with Crippen LogP contribution in [0.5, 0.6) is 17.2 Å². The molecule has 7 nitrogen and oxygen atoms in total. The van der Waals surface area contributed by atoms with Crippen LogP contribution in [-0.4, -0.2) is 32.2 Å². The van der Waals surface area contributed by atoms with Crippen molar-refractivity contribution in [2.75, 3.05) is 14.2 Å². The van der Waals surface area contributed by atoms with Crippen molar-refractivity contribution in [3.8, 4) is 17.2 Å². The molecule has 0 saturated carbocycles. The highest BCUT2D eigenvalue weighted by Gasteiger charge is 2.42. The van der Waals surface area contributed by atoms with Crippen LogP contribution in [0.4, 0.5) is 4.79 Å². The number of fused-ring (bicyclic) bond motifs is 2. The third kappa shape index (κ3) is 4.65. The molecule has 1 amide bonds. The largest absolute Gasteiger partial charge is 0.497 e. The quantitative estimate of drug-likeness (QED) is 0.421. The minimum atomic E-state index is -1.19. The zero-order valence-corrected chi connectivity index (χ0v) is 21.5. The number of ketones is 1. The van der Waals surface area contributed by atoms with Gasteiger partial charge < -0.3 is 24.3 Å². The molecule has 186 valence electrons. The number of rotatable bonds is 5. The number of alkyl carbamates (subject to hydrolysis) is 1. The van der Waals surface area contributed by atoms with Crippen molar-refractivity contribution in [2.24, 2.45) is 0 Å². The fourth-order valence-electron chi connectivity index (χ4n) is 4.83. The molecule has 8 heteroatoms. The molecule has 1 aliphatic heterocycles. The van der Waals surface area contributed by atoms with Crippen LogP contribution in [0.25, 0.3) is 0 Å². The molecule has 0 radical (unpaired) electrons. The Morgan fingerprint density at radius 3 is 2.67 bits per heavy atom. The van der Waals surface area contributed by atoms with Crippen LogP contribution in [0.15, 0.2) is 65.1 Å². The summed E-state index contributed by atoms with van der Waals surface area (Å²) in [7, 11) is 3.10. The molecule has 0 fully saturated rings. The minimum Gasteiger partial charge on any atom is -0.497 e. The number of methoxy groups -OCH3 is 2. The molecule has 36 heavy (non-hydrogen) atoms. The molecule has 3 aromatic carbocycles. The fourth-order valence-corrected chi connectivity index (χ4v) is 5.39. The summed E-state index contributed by atoms with van der Waals surface area (Å²) in [6.45, 7) is 0. The highest BCUT2D eigenvalue weighted by molar-refractivity contribution is 9.10. The average Bonchev–Trinajstić information content (AvgIpc) is 2.90. The summed E-state index contributed by atoms with van der Waals surface area (Å²) in [4.78, 5) is 26.7. The van der Waals surface area contributed by atoms with Crippen molar-refractivity contribution >= 4 is 27.8 Å². The van der Waals surface area contributed by atoms with Crippen molar-refractivity contribution in [2.45, 2.75) is 37.5 Å². The molecule has 1 heterocycles. The molecule has 0 aromatic heterocycles. The van der Waals surface area contributed by atoms with E-state index in [4.69, 9.17) is 18.9 Å². The van der Waals surface area contributed by atoms with E-state index in [2.05, 4.69) is 27.3 Å². The van der Waals surface area contributed by atoms with E-state index in [1.54, 1.807) is 43.5 Å². The van der Waals surface area contributed by atoms with E-state index < -0.39 is 18.3 Å². The summed E-state index contributed by atoms with van der Waals surface area (Å²) in [5.74, 6) is 1.20. The number of Topliss-reactive ketones (excluding diaryl/α,β-unsaturated/α-hetero) is 1. The van der Waals surface area contributed by atoms with Crippen LogP contribution in [0.3, 0.4) is 0 Å². The van der Waals surface area contributed by atoms with E-state index in [0.29, 0.717) is 32.8 Å². The van der Waals surface area contributed by atoms with Crippen molar-refractivity contribution in [1.82, 2.24) is 5.32 Å². The highest BCUT2D eigenvalue weighted by Crippen LogP contribution is 2.40. The lowest BCUT2D eigenvalue weighted by atomic mass is 9.88. The third-order valence-electron chi connectivity index (χ3n) is 6.64. The fraction of sp³-hybridized carbons (Fsp3) is 0.286. The molecule has 3 aromatic rings. The van der Waals surface area contributed by atoms with Crippen LogP contribution in [0.1, 0.15) is 52.0 Å². The van der Waals surface area contributed by atoms with Crippen LogP contribution < -0.4 is 19.5 Å². The molecule has 0 saturated heterocycles. The Labute approximate surface area is 217 Å². The lowest BCUT2D eigenvalue weighted by molar-refractivity contribution is 0.00797. The van der Waals surface area contributed by atoms with Crippen LogP contribution in [0, 0.1) is 0 Å². The van der Waals surface area contributed by atoms with E-state index in [0.717, 1.165) is 24.8 Å². The summed E-state index contributed by atoms with van der Waals surface area (Å²) in [6, 6.07) is 18.3. The first-order valence-electron chi connectivity index (χ1n) is 11.8. The molecule has 1 N–H and O–H groups in total. The van der Waals surface area contributed by atoms with Gasteiger partial charge in [0, 0.05) is 0 Å². The Morgan fingerprint density at radius 1 is 1.06 bits per heavy atom. The zero-order valence-electron chi connectivity index (χ0n) is 20.0. The van der Waals surface area contributed by atoms with Crippen LogP contribution in [0.2, 0.25) is 0 Å². The molecule has 0 spiro atoms. The number of nitrogens with one attached hydrogen (secondary N) is 1. The van der Waals surface area contributed by atoms with Crippen LogP contribution in [-0.2, 0) is 11.2 Å². The highest BCUT2D eigenvalue weighted by atomic mass is 79.9. The first-order chi connectivity index (χ1) is 17.5. The Hall–Kier alpha value is -3.52. The average molecular weight is 552 g/mol. The van der Waals surface area contributed by atoms with Gasteiger partial charge in [0.15, 0.2) is 6.10 Å². The Morgan fingerprint density at radius 2 is 1.89 bits per heavy atom. The SMILES string of the molecule is COc1ccc2c(c1)C(=O)C(OC(=O)N[C@H]1CCCc3ccccc31)[C@@H](c1ccc(OC)c(Br)c1)O2. The molecule has 2 aliphatic rings. The van der Waals surface area contributed by atoms with Gasteiger partial charge in [-0.05, 0) is 82.2 Å². The summed E-state index contributed by atoms with van der Waals surface area (Å²) in [5.41, 5.74) is 3.27.